The number of hydrogen-bond donors (Lipinski definition) is 1. The molecule has 0 spiro atoms. The second-order valence-corrected chi connectivity index (χ2v) is 5.32. The second kappa shape index (κ2) is 6.96. The van der Waals surface area contributed by atoms with Crippen LogP contribution < -0.4 is 5.73 Å². The number of likely N-dealkylation sites (N-methyl/N-ethyl adjacent to an activating group) is 1. The fourth-order valence-corrected chi connectivity index (χ4v) is 2.71. The minimum Gasteiger partial charge on any atom is -0.324 e. The predicted molar refractivity (Wildman–Crippen MR) is 78.0 cm³/mol. The molecule has 0 bridgehead atoms. The fraction of sp³-hybridized carbons (Fsp3) is 0.733. The summed E-state index contributed by atoms with van der Waals surface area (Å²) in [6, 6.07) is 0.134. The minimum atomic E-state index is 0.134. The molecule has 2 rings (SSSR count). The molecule has 0 saturated heterocycles. The van der Waals surface area contributed by atoms with Gasteiger partial charge in [0.05, 0.1) is 0 Å². The van der Waals surface area contributed by atoms with Crippen molar-refractivity contribution >= 4 is 0 Å². The third-order valence-electron chi connectivity index (χ3n) is 4.07. The van der Waals surface area contributed by atoms with Crippen LogP contribution in [0.1, 0.15) is 56.2 Å². The van der Waals surface area contributed by atoms with Crippen molar-refractivity contribution in [2.45, 2.75) is 52.0 Å². The number of aromatic nitrogens is 2. The quantitative estimate of drug-likeness (QED) is 0.826. The van der Waals surface area contributed by atoms with E-state index < -0.39 is 0 Å². The van der Waals surface area contributed by atoms with E-state index in [-0.39, 0.29) is 6.04 Å². The molecule has 1 aromatic rings. The van der Waals surface area contributed by atoms with Crippen LogP contribution in [0.4, 0.5) is 0 Å². The van der Waals surface area contributed by atoms with Crippen LogP contribution in [0.3, 0.4) is 0 Å². The van der Waals surface area contributed by atoms with Gasteiger partial charge >= 0.3 is 0 Å². The van der Waals surface area contributed by atoms with Crippen molar-refractivity contribution in [1.29, 1.82) is 0 Å². The first-order valence-electron chi connectivity index (χ1n) is 7.57. The second-order valence-electron chi connectivity index (χ2n) is 5.32. The number of nitrogens with zero attached hydrogens (tertiary/aromatic N) is 3. The van der Waals surface area contributed by atoms with Gasteiger partial charge in [0.2, 0.25) is 0 Å². The maximum absolute atomic E-state index is 6.17. The Balaban J connectivity index is 2.05. The number of fused-ring (bicyclic) bond motifs is 1. The SMILES string of the molecule is CCN(CC)CCc1ncc2c(n1)CCCCC2N. The summed E-state index contributed by atoms with van der Waals surface area (Å²) in [5.74, 6) is 0.972. The third kappa shape index (κ3) is 3.74. The molecule has 1 aliphatic carbocycles. The van der Waals surface area contributed by atoms with E-state index in [1.54, 1.807) is 0 Å². The zero-order valence-electron chi connectivity index (χ0n) is 12.2. The highest BCUT2D eigenvalue weighted by molar-refractivity contribution is 5.23. The van der Waals surface area contributed by atoms with Gasteiger partial charge in [-0.25, -0.2) is 9.97 Å². The predicted octanol–water partition coefficient (Wildman–Crippen LogP) is 2.09. The van der Waals surface area contributed by atoms with Crippen LogP contribution in [0.5, 0.6) is 0 Å². The molecule has 2 N–H and O–H groups in total. The Hall–Kier alpha value is -1.00. The van der Waals surface area contributed by atoms with Crippen LogP contribution in [-0.4, -0.2) is 34.5 Å². The molecule has 1 atom stereocenters. The van der Waals surface area contributed by atoms with Crippen molar-refractivity contribution in [2.75, 3.05) is 19.6 Å². The van der Waals surface area contributed by atoms with E-state index >= 15 is 0 Å². The Morgan fingerprint density at radius 3 is 2.84 bits per heavy atom. The molecule has 1 heterocycles. The maximum Gasteiger partial charge on any atom is 0.129 e. The Bertz CT molecular complexity index is 401. The Morgan fingerprint density at radius 1 is 1.32 bits per heavy atom. The highest BCUT2D eigenvalue weighted by atomic mass is 15.1. The molecule has 0 aromatic carbocycles. The molecule has 1 aliphatic rings. The fourth-order valence-electron chi connectivity index (χ4n) is 2.71. The summed E-state index contributed by atoms with van der Waals surface area (Å²) in [6.07, 6.45) is 7.43. The Labute approximate surface area is 116 Å². The average molecular weight is 262 g/mol. The summed E-state index contributed by atoms with van der Waals surface area (Å²) in [7, 11) is 0. The lowest BCUT2D eigenvalue weighted by molar-refractivity contribution is 0.305. The molecule has 106 valence electrons. The molecule has 0 amide bonds. The van der Waals surface area contributed by atoms with Crippen LogP contribution >= 0.6 is 0 Å². The lowest BCUT2D eigenvalue weighted by Crippen LogP contribution is -2.26. The summed E-state index contributed by atoms with van der Waals surface area (Å²) in [4.78, 5) is 11.7. The van der Waals surface area contributed by atoms with Crippen molar-refractivity contribution in [3.8, 4) is 0 Å². The molecule has 4 heteroatoms. The van der Waals surface area contributed by atoms with Crippen LogP contribution in [0.25, 0.3) is 0 Å². The molecule has 1 aromatic heterocycles. The van der Waals surface area contributed by atoms with E-state index in [0.717, 1.165) is 44.7 Å². The third-order valence-corrected chi connectivity index (χ3v) is 4.07. The van der Waals surface area contributed by atoms with E-state index in [1.165, 1.54) is 24.1 Å². The van der Waals surface area contributed by atoms with Crippen LogP contribution in [0, 0.1) is 0 Å². The summed E-state index contributed by atoms with van der Waals surface area (Å²) < 4.78 is 0. The smallest absolute Gasteiger partial charge is 0.129 e. The molecule has 4 nitrogen and oxygen atoms in total. The van der Waals surface area contributed by atoms with Gasteiger partial charge in [0.1, 0.15) is 5.82 Å². The highest BCUT2D eigenvalue weighted by Gasteiger charge is 2.17. The van der Waals surface area contributed by atoms with Gasteiger partial charge in [0.15, 0.2) is 0 Å². The van der Waals surface area contributed by atoms with Gasteiger partial charge < -0.3 is 10.6 Å². The van der Waals surface area contributed by atoms with Gasteiger partial charge in [-0.3, -0.25) is 0 Å². The van der Waals surface area contributed by atoms with Crippen molar-refractivity contribution < 1.29 is 0 Å². The van der Waals surface area contributed by atoms with Gasteiger partial charge in [-0.15, -0.1) is 0 Å². The standard InChI is InChI=1S/C15H26N4/c1-3-19(4-2)10-9-15-17-11-12-13(16)7-5-6-8-14(12)18-15/h11,13H,3-10,16H2,1-2H3. The first-order chi connectivity index (χ1) is 9.24. The Morgan fingerprint density at radius 2 is 2.11 bits per heavy atom. The largest absolute Gasteiger partial charge is 0.324 e. The van der Waals surface area contributed by atoms with Crippen LogP contribution in [0.2, 0.25) is 0 Å². The molecular weight excluding hydrogens is 236 g/mol. The van der Waals surface area contributed by atoms with E-state index in [2.05, 4.69) is 23.7 Å². The molecule has 0 fully saturated rings. The van der Waals surface area contributed by atoms with Crippen LogP contribution in [-0.2, 0) is 12.8 Å². The number of hydrogen-bond acceptors (Lipinski definition) is 4. The topological polar surface area (TPSA) is 55.0 Å². The van der Waals surface area contributed by atoms with Gasteiger partial charge in [0, 0.05) is 36.5 Å². The van der Waals surface area contributed by atoms with E-state index in [0.29, 0.717) is 0 Å². The lowest BCUT2D eigenvalue weighted by Gasteiger charge is -2.17. The van der Waals surface area contributed by atoms with Gasteiger partial charge in [-0.2, -0.15) is 0 Å². The zero-order chi connectivity index (χ0) is 13.7. The van der Waals surface area contributed by atoms with E-state index in [4.69, 9.17) is 10.7 Å². The molecule has 0 aliphatic heterocycles. The zero-order valence-corrected chi connectivity index (χ0v) is 12.2. The first kappa shape index (κ1) is 14.4. The molecular formula is C15H26N4. The van der Waals surface area contributed by atoms with Crippen molar-refractivity contribution in [3.63, 3.8) is 0 Å². The van der Waals surface area contributed by atoms with Crippen LogP contribution in [0.15, 0.2) is 6.20 Å². The summed E-state index contributed by atoms with van der Waals surface area (Å²) in [5.41, 5.74) is 8.53. The first-order valence-corrected chi connectivity index (χ1v) is 7.57. The average Bonchev–Trinajstić information content (AvgIpc) is 2.62. The number of nitrogens with two attached hydrogens (primary N) is 1. The van der Waals surface area contributed by atoms with Crippen molar-refractivity contribution in [3.05, 3.63) is 23.3 Å². The number of rotatable bonds is 5. The van der Waals surface area contributed by atoms with Crippen molar-refractivity contribution in [1.82, 2.24) is 14.9 Å². The summed E-state index contributed by atoms with van der Waals surface area (Å²) in [6.45, 7) is 7.61. The van der Waals surface area contributed by atoms with Gasteiger partial charge in [0.25, 0.3) is 0 Å². The van der Waals surface area contributed by atoms with E-state index in [1.807, 2.05) is 6.20 Å². The van der Waals surface area contributed by atoms with Gasteiger partial charge in [-0.1, -0.05) is 20.3 Å². The highest BCUT2D eigenvalue weighted by Crippen LogP contribution is 2.24. The number of aryl methyl sites for hydroxylation is 1. The monoisotopic (exact) mass is 262 g/mol. The molecule has 0 radical (unpaired) electrons. The lowest BCUT2D eigenvalue weighted by atomic mass is 10.1. The minimum absolute atomic E-state index is 0.134. The summed E-state index contributed by atoms with van der Waals surface area (Å²) >= 11 is 0. The molecule has 0 saturated carbocycles. The van der Waals surface area contributed by atoms with E-state index in [9.17, 15) is 0 Å². The molecule has 19 heavy (non-hydrogen) atoms. The van der Waals surface area contributed by atoms with Gasteiger partial charge in [-0.05, 0) is 32.4 Å². The van der Waals surface area contributed by atoms with Crippen molar-refractivity contribution in [2.24, 2.45) is 5.73 Å². The molecule has 1 unspecified atom stereocenters. The summed E-state index contributed by atoms with van der Waals surface area (Å²) in [5, 5.41) is 0. The Kier molecular flexibility index (Phi) is 5.28. The normalized spacial score (nSPS) is 19.3. The maximum atomic E-state index is 6.17.